The van der Waals surface area contributed by atoms with Crippen molar-refractivity contribution in [2.45, 2.75) is 45.1 Å². The van der Waals surface area contributed by atoms with E-state index in [0.29, 0.717) is 18.7 Å². The van der Waals surface area contributed by atoms with Crippen molar-refractivity contribution in [1.29, 1.82) is 0 Å². The molecular weight excluding hydrogens is 452 g/mol. The van der Waals surface area contributed by atoms with Crippen LogP contribution in [0, 0.1) is 11.8 Å². The number of hydrogen-bond acceptors (Lipinski definition) is 5. The van der Waals surface area contributed by atoms with Crippen molar-refractivity contribution in [3.05, 3.63) is 106 Å². The molecule has 5 atom stereocenters. The number of pyridine rings is 2. The third-order valence-electron chi connectivity index (χ3n) is 7.62. The number of aliphatic hydroxyl groups excluding tert-OH is 1. The summed E-state index contributed by atoms with van der Waals surface area (Å²) in [5, 5.41) is 13.7. The smallest absolute Gasteiger partial charge is 0.258 e. The fourth-order valence-electron chi connectivity index (χ4n) is 5.90. The average Bonchev–Trinajstić information content (AvgIpc) is 3.10. The number of rotatable bonds is 7. The van der Waals surface area contributed by atoms with Crippen LogP contribution < -0.4 is 10.9 Å². The molecule has 2 aliphatic rings. The molecule has 186 valence electrons. The third kappa shape index (κ3) is 4.29. The summed E-state index contributed by atoms with van der Waals surface area (Å²) in [5.74, 6) is -0.894. The van der Waals surface area contributed by atoms with E-state index in [2.05, 4.69) is 15.2 Å². The second kappa shape index (κ2) is 10.2. The summed E-state index contributed by atoms with van der Waals surface area (Å²) in [6.07, 6.45) is 7.20. The molecule has 1 saturated heterocycles. The number of nitrogens with zero attached hydrogens (tertiary/aromatic N) is 3. The summed E-state index contributed by atoms with van der Waals surface area (Å²) in [7, 11) is 0. The molecule has 2 bridgehead atoms. The molecule has 36 heavy (non-hydrogen) atoms. The lowest BCUT2D eigenvalue weighted by atomic mass is 9.86. The fraction of sp³-hybridized carbons (Fsp3) is 0.345. The maximum atomic E-state index is 13.8. The maximum absolute atomic E-state index is 13.8. The second-order valence-electron chi connectivity index (χ2n) is 9.68. The van der Waals surface area contributed by atoms with Gasteiger partial charge in [0.15, 0.2) is 0 Å². The number of amides is 1. The number of fused-ring (bicyclic) bond motifs is 4. The quantitative estimate of drug-likeness (QED) is 0.537. The van der Waals surface area contributed by atoms with Gasteiger partial charge < -0.3 is 15.0 Å². The highest BCUT2D eigenvalue weighted by Crippen LogP contribution is 2.49. The average molecular weight is 485 g/mol. The molecule has 5 rings (SSSR count). The minimum absolute atomic E-state index is 0.0560. The first-order valence-corrected chi connectivity index (χ1v) is 12.5. The first-order valence-electron chi connectivity index (χ1n) is 12.5. The minimum Gasteiger partial charge on any atom is -0.396 e. The standard InChI is InChI=1S/C29H32N4O3/c1-3-7-22-10-11-24-27-26(28(35)31-19(2)21-8-5-4-6-9-21)23(18-34)25(17-33(24)29(22)36)32(27)16-20-12-14-30-15-13-20/h3-15,19,23,25-27,34H,16-18H2,1-2H3,(H,31,35)/b7-3+/t19-,23-,25-,26+,27+/m0/s1. The van der Waals surface area contributed by atoms with Crippen molar-refractivity contribution in [3.63, 3.8) is 0 Å². The van der Waals surface area contributed by atoms with E-state index in [4.69, 9.17) is 0 Å². The number of aromatic nitrogens is 2. The Labute approximate surface area is 211 Å². The van der Waals surface area contributed by atoms with Crippen molar-refractivity contribution in [3.8, 4) is 0 Å². The normalized spacial score (nSPS) is 24.0. The van der Waals surface area contributed by atoms with Crippen LogP contribution in [0.2, 0.25) is 0 Å². The molecule has 2 N–H and O–H groups in total. The highest BCUT2D eigenvalue weighted by Gasteiger charge is 2.55. The molecule has 1 amide bonds. The monoisotopic (exact) mass is 484 g/mol. The molecule has 0 spiro atoms. The van der Waals surface area contributed by atoms with Crippen LogP contribution >= 0.6 is 0 Å². The minimum atomic E-state index is -0.492. The number of carbonyl (C=O) groups excluding carboxylic acids is 1. The number of hydrogen-bond donors (Lipinski definition) is 2. The van der Waals surface area contributed by atoms with Gasteiger partial charge >= 0.3 is 0 Å². The van der Waals surface area contributed by atoms with Crippen LogP contribution in [0.1, 0.15) is 48.3 Å². The lowest BCUT2D eigenvalue weighted by molar-refractivity contribution is -0.128. The Bertz CT molecular complexity index is 1310. The molecule has 0 saturated carbocycles. The van der Waals surface area contributed by atoms with Crippen molar-refractivity contribution in [2.75, 3.05) is 6.61 Å². The summed E-state index contributed by atoms with van der Waals surface area (Å²) >= 11 is 0. The summed E-state index contributed by atoms with van der Waals surface area (Å²) in [6.45, 7) is 4.77. The van der Waals surface area contributed by atoms with Gasteiger partial charge in [-0.25, -0.2) is 0 Å². The van der Waals surface area contributed by atoms with Crippen LogP contribution in [-0.4, -0.2) is 38.1 Å². The number of carbonyl (C=O) groups is 1. The van der Waals surface area contributed by atoms with Crippen LogP contribution in [0.5, 0.6) is 0 Å². The van der Waals surface area contributed by atoms with Crippen LogP contribution in [0.15, 0.2) is 77.9 Å². The first-order chi connectivity index (χ1) is 17.5. The summed E-state index contributed by atoms with van der Waals surface area (Å²) in [6, 6.07) is 16.9. The highest BCUT2D eigenvalue weighted by molar-refractivity contribution is 5.81. The van der Waals surface area contributed by atoms with E-state index in [1.807, 2.05) is 85.2 Å². The van der Waals surface area contributed by atoms with E-state index in [0.717, 1.165) is 16.8 Å². The fourth-order valence-corrected chi connectivity index (χ4v) is 5.90. The molecule has 0 radical (unpaired) electrons. The Kier molecular flexibility index (Phi) is 6.85. The molecule has 2 aromatic heterocycles. The van der Waals surface area contributed by atoms with Crippen molar-refractivity contribution in [1.82, 2.24) is 19.8 Å². The Balaban J connectivity index is 1.55. The van der Waals surface area contributed by atoms with Gasteiger partial charge in [0.25, 0.3) is 5.56 Å². The SMILES string of the molecule is C/C=C/c1ccc2n(c1=O)C[C@H]1[C@H](CO)[C@@H](C(=O)N[C@@H](C)c3ccccc3)[C@@H]2N1Cc1ccncc1. The zero-order valence-electron chi connectivity index (χ0n) is 20.6. The Morgan fingerprint density at radius 2 is 1.92 bits per heavy atom. The van der Waals surface area contributed by atoms with E-state index in [1.165, 1.54) is 0 Å². The number of aliphatic hydroxyl groups is 1. The zero-order chi connectivity index (χ0) is 25.2. The molecular formula is C29H32N4O3. The lowest BCUT2D eigenvalue weighted by Crippen LogP contribution is -2.46. The highest BCUT2D eigenvalue weighted by atomic mass is 16.3. The van der Waals surface area contributed by atoms with E-state index in [-0.39, 0.29) is 42.1 Å². The van der Waals surface area contributed by atoms with Gasteiger partial charge in [0.2, 0.25) is 5.91 Å². The predicted octanol–water partition coefficient (Wildman–Crippen LogP) is 3.32. The molecule has 4 heterocycles. The van der Waals surface area contributed by atoms with Crippen LogP contribution in [0.4, 0.5) is 0 Å². The summed E-state index contributed by atoms with van der Waals surface area (Å²) < 4.78 is 1.81. The molecule has 3 aromatic rings. The van der Waals surface area contributed by atoms with Crippen LogP contribution in [0.25, 0.3) is 6.08 Å². The number of nitrogens with one attached hydrogen (secondary N) is 1. The molecule has 2 aliphatic heterocycles. The topological polar surface area (TPSA) is 87.5 Å². The van der Waals surface area contributed by atoms with Gasteiger partial charge in [-0.3, -0.25) is 19.5 Å². The molecule has 7 nitrogen and oxygen atoms in total. The largest absolute Gasteiger partial charge is 0.396 e. The van der Waals surface area contributed by atoms with Gasteiger partial charge in [-0.2, -0.15) is 0 Å². The molecule has 0 unspecified atom stereocenters. The van der Waals surface area contributed by atoms with E-state index in [1.54, 1.807) is 12.4 Å². The Hall–Kier alpha value is -3.55. The first kappa shape index (κ1) is 24.2. The Morgan fingerprint density at radius 1 is 1.17 bits per heavy atom. The molecule has 1 aromatic carbocycles. The number of allylic oxidation sites excluding steroid dienone is 1. The third-order valence-corrected chi connectivity index (χ3v) is 7.62. The summed E-state index contributed by atoms with van der Waals surface area (Å²) in [5.41, 5.74) is 3.49. The molecule has 0 aliphatic carbocycles. The van der Waals surface area contributed by atoms with Gasteiger partial charge in [-0.15, -0.1) is 0 Å². The van der Waals surface area contributed by atoms with Crippen molar-refractivity contribution >= 4 is 12.0 Å². The molecule has 1 fully saturated rings. The van der Waals surface area contributed by atoms with Gasteiger partial charge in [0.1, 0.15) is 0 Å². The van der Waals surface area contributed by atoms with Crippen molar-refractivity contribution < 1.29 is 9.90 Å². The van der Waals surface area contributed by atoms with Gasteiger partial charge in [-0.05, 0) is 49.2 Å². The van der Waals surface area contributed by atoms with Crippen LogP contribution in [-0.2, 0) is 17.9 Å². The lowest BCUT2D eigenvalue weighted by Gasteiger charge is -2.38. The van der Waals surface area contributed by atoms with E-state index >= 15 is 0 Å². The van der Waals surface area contributed by atoms with Gasteiger partial charge in [0.05, 0.1) is 18.0 Å². The zero-order valence-corrected chi connectivity index (χ0v) is 20.6. The van der Waals surface area contributed by atoms with Crippen LogP contribution in [0.3, 0.4) is 0 Å². The van der Waals surface area contributed by atoms with Crippen molar-refractivity contribution in [2.24, 2.45) is 11.8 Å². The molecule has 7 heteroatoms. The summed E-state index contributed by atoms with van der Waals surface area (Å²) in [4.78, 5) is 33.6. The van der Waals surface area contributed by atoms with E-state index in [9.17, 15) is 14.7 Å². The maximum Gasteiger partial charge on any atom is 0.258 e. The van der Waals surface area contributed by atoms with E-state index < -0.39 is 5.92 Å². The Morgan fingerprint density at radius 3 is 2.61 bits per heavy atom. The predicted molar refractivity (Wildman–Crippen MR) is 139 cm³/mol. The van der Waals surface area contributed by atoms with Gasteiger partial charge in [-0.1, -0.05) is 42.5 Å². The second-order valence-corrected chi connectivity index (χ2v) is 9.68. The van der Waals surface area contributed by atoms with Gasteiger partial charge in [0, 0.05) is 55.3 Å². The number of benzene rings is 1.